The third-order valence-electron chi connectivity index (χ3n) is 2.03. The van der Waals surface area contributed by atoms with Crippen LogP contribution >= 0.6 is 0 Å². The summed E-state index contributed by atoms with van der Waals surface area (Å²) >= 11 is 0. The summed E-state index contributed by atoms with van der Waals surface area (Å²) in [4.78, 5) is 27.0. The van der Waals surface area contributed by atoms with Crippen molar-refractivity contribution in [2.75, 3.05) is 11.9 Å². The molecule has 1 aromatic rings. The van der Waals surface area contributed by atoms with Crippen molar-refractivity contribution in [2.24, 2.45) is 5.92 Å². The van der Waals surface area contributed by atoms with E-state index in [9.17, 15) is 14.9 Å². The van der Waals surface area contributed by atoms with E-state index < -0.39 is 16.2 Å². The number of rotatable bonds is 5. The van der Waals surface area contributed by atoms with E-state index in [1.165, 1.54) is 0 Å². The predicted octanol–water partition coefficient (Wildman–Crippen LogP) is 1.14. The SMILES string of the molecule is CC(C)CCNc1nc[nH]c(=O)c1[N+](=O)[O-]. The monoisotopic (exact) mass is 226 g/mol. The van der Waals surface area contributed by atoms with Gasteiger partial charge in [-0.1, -0.05) is 13.8 Å². The first-order chi connectivity index (χ1) is 7.52. The molecule has 0 aliphatic carbocycles. The Bertz CT molecular complexity index is 427. The second-order valence-corrected chi connectivity index (χ2v) is 3.80. The zero-order valence-corrected chi connectivity index (χ0v) is 9.19. The van der Waals surface area contributed by atoms with Gasteiger partial charge in [0, 0.05) is 6.54 Å². The standard InChI is InChI=1S/C9H14N4O3/c1-6(2)3-4-10-8-7(13(15)16)9(14)12-5-11-8/h5-6H,3-4H2,1-2H3,(H2,10,11,12,14). The maximum Gasteiger partial charge on any atom is 0.375 e. The molecular formula is C9H14N4O3. The second-order valence-electron chi connectivity index (χ2n) is 3.80. The van der Waals surface area contributed by atoms with Crippen molar-refractivity contribution in [3.63, 3.8) is 0 Å². The normalized spacial score (nSPS) is 10.4. The Balaban J connectivity index is 2.83. The van der Waals surface area contributed by atoms with Gasteiger partial charge in [-0.25, -0.2) is 4.98 Å². The third kappa shape index (κ3) is 3.04. The molecular weight excluding hydrogens is 212 g/mol. The summed E-state index contributed by atoms with van der Waals surface area (Å²) in [5, 5.41) is 13.4. The molecule has 0 radical (unpaired) electrons. The van der Waals surface area contributed by atoms with Crippen LogP contribution in [-0.4, -0.2) is 21.4 Å². The molecule has 2 N–H and O–H groups in total. The van der Waals surface area contributed by atoms with Gasteiger partial charge in [0.2, 0.25) is 5.82 Å². The average molecular weight is 226 g/mol. The first kappa shape index (κ1) is 12.2. The van der Waals surface area contributed by atoms with Crippen LogP contribution in [0.25, 0.3) is 0 Å². The van der Waals surface area contributed by atoms with Crippen LogP contribution in [0.4, 0.5) is 11.5 Å². The first-order valence-electron chi connectivity index (χ1n) is 4.98. The minimum absolute atomic E-state index is 0.0226. The summed E-state index contributed by atoms with van der Waals surface area (Å²) in [6.45, 7) is 4.64. The molecule has 0 unspecified atom stereocenters. The number of hydrogen-bond donors (Lipinski definition) is 2. The van der Waals surface area contributed by atoms with Crippen molar-refractivity contribution in [1.82, 2.24) is 9.97 Å². The molecule has 0 fully saturated rings. The fourth-order valence-corrected chi connectivity index (χ4v) is 1.17. The molecule has 0 amide bonds. The molecule has 1 aromatic heterocycles. The van der Waals surface area contributed by atoms with E-state index in [0.29, 0.717) is 12.5 Å². The van der Waals surface area contributed by atoms with Gasteiger partial charge in [-0.15, -0.1) is 0 Å². The highest BCUT2D eigenvalue weighted by Gasteiger charge is 2.19. The van der Waals surface area contributed by atoms with Gasteiger partial charge in [0.1, 0.15) is 0 Å². The van der Waals surface area contributed by atoms with Crippen LogP contribution in [-0.2, 0) is 0 Å². The molecule has 16 heavy (non-hydrogen) atoms. The van der Waals surface area contributed by atoms with Crippen LogP contribution in [0.5, 0.6) is 0 Å². The van der Waals surface area contributed by atoms with Crippen LogP contribution < -0.4 is 10.9 Å². The molecule has 0 atom stereocenters. The Labute approximate surface area is 92.1 Å². The quantitative estimate of drug-likeness (QED) is 0.579. The second kappa shape index (κ2) is 5.24. The topological polar surface area (TPSA) is 101 Å². The van der Waals surface area contributed by atoms with Gasteiger partial charge in [-0.3, -0.25) is 14.9 Å². The number of nitrogens with one attached hydrogen (secondary N) is 2. The van der Waals surface area contributed by atoms with E-state index in [1.54, 1.807) is 0 Å². The highest BCUT2D eigenvalue weighted by Crippen LogP contribution is 2.14. The lowest BCUT2D eigenvalue weighted by Gasteiger charge is -2.06. The average Bonchev–Trinajstić information content (AvgIpc) is 2.16. The third-order valence-corrected chi connectivity index (χ3v) is 2.03. The number of anilines is 1. The molecule has 0 aliphatic rings. The van der Waals surface area contributed by atoms with Crippen molar-refractivity contribution in [3.8, 4) is 0 Å². The van der Waals surface area contributed by atoms with Crippen LogP contribution in [0.1, 0.15) is 20.3 Å². The van der Waals surface area contributed by atoms with Gasteiger partial charge < -0.3 is 10.3 Å². The number of nitro groups is 1. The molecule has 0 spiro atoms. The summed E-state index contributed by atoms with van der Waals surface area (Å²) in [7, 11) is 0. The van der Waals surface area contributed by atoms with E-state index in [2.05, 4.69) is 15.3 Å². The maximum absolute atomic E-state index is 11.2. The van der Waals surface area contributed by atoms with Crippen molar-refractivity contribution in [3.05, 3.63) is 26.8 Å². The Morgan fingerprint density at radius 3 is 2.88 bits per heavy atom. The molecule has 7 heteroatoms. The van der Waals surface area contributed by atoms with Crippen molar-refractivity contribution in [1.29, 1.82) is 0 Å². The minimum Gasteiger partial charge on any atom is -0.364 e. The van der Waals surface area contributed by atoms with Gasteiger partial charge in [-0.05, 0) is 12.3 Å². The number of hydrogen-bond acceptors (Lipinski definition) is 5. The highest BCUT2D eigenvalue weighted by molar-refractivity contribution is 5.53. The molecule has 1 rings (SSSR count). The summed E-state index contributed by atoms with van der Waals surface area (Å²) in [5.41, 5.74) is -1.28. The van der Waals surface area contributed by atoms with Gasteiger partial charge in [0.15, 0.2) is 0 Å². The van der Waals surface area contributed by atoms with Crippen molar-refractivity contribution >= 4 is 11.5 Å². The van der Waals surface area contributed by atoms with E-state index in [-0.39, 0.29) is 5.82 Å². The Morgan fingerprint density at radius 1 is 1.62 bits per heavy atom. The zero-order chi connectivity index (χ0) is 12.1. The van der Waals surface area contributed by atoms with E-state index in [0.717, 1.165) is 12.7 Å². The lowest BCUT2D eigenvalue weighted by Crippen LogP contribution is -2.17. The van der Waals surface area contributed by atoms with Crippen LogP contribution in [0.3, 0.4) is 0 Å². The van der Waals surface area contributed by atoms with Gasteiger partial charge >= 0.3 is 11.2 Å². The number of H-pyrrole nitrogens is 1. The molecule has 0 saturated heterocycles. The maximum atomic E-state index is 11.2. The molecule has 0 aromatic carbocycles. The fourth-order valence-electron chi connectivity index (χ4n) is 1.17. The molecule has 0 aliphatic heterocycles. The predicted molar refractivity (Wildman–Crippen MR) is 59.5 cm³/mol. The summed E-state index contributed by atoms with van der Waals surface area (Å²) in [6, 6.07) is 0. The van der Waals surface area contributed by atoms with Gasteiger partial charge in [0.05, 0.1) is 11.3 Å². The number of nitrogens with zero attached hydrogens (tertiary/aromatic N) is 2. The van der Waals surface area contributed by atoms with E-state index >= 15 is 0 Å². The van der Waals surface area contributed by atoms with Gasteiger partial charge in [0.25, 0.3) is 0 Å². The van der Waals surface area contributed by atoms with Gasteiger partial charge in [-0.2, -0.15) is 0 Å². The molecule has 1 heterocycles. The molecule has 0 bridgehead atoms. The first-order valence-corrected chi connectivity index (χ1v) is 4.98. The highest BCUT2D eigenvalue weighted by atomic mass is 16.6. The van der Waals surface area contributed by atoms with E-state index in [1.807, 2.05) is 13.8 Å². The Hall–Kier alpha value is -1.92. The van der Waals surface area contributed by atoms with Crippen molar-refractivity contribution in [2.45, 2.75) is 20.3 Å². The smallest absolute Gasteiger partial charge is 0.364 e. The largest absolute Gasteiger partial charge is 0.375 e. The summed E-state index contributed by atoms with van der Waals surface area (Å²) < 4.78 is 0. The van der Waals surface area contributed by atoms with Crippen molar-refractivity contribution < 1.29 is 4.92 Å². The lowest BCUT2D eigenvalue weighted by atomic mass is 10.1. The Morgan fingerprint density at radius 2 is 2.31 bits per heavy atom. The number of aromatic nitrogens is 2. The van der Waals surface area contributed by atoms with E-state index in [4.69, 9.17) is 0 Å². The minimum atomic E-state index is -0.743. The van der Waals surface area contributed by atoms with Crippen LogP contribution in [0.2, 0.25) is 0 Å². The molecule has 88 valence electrons. The molecule has 0 saturated carbocycles. The zero-order valence-electron chi connectivity index (χ0n) is 9.19. The summed E-state index contributed by atoms with van der Waals surface area (Å²) in [5.74, 6) is 0.503. The molecule has 7 nitrogen and oxygen atoms in total. The Kier molecular flexibility index (Phi) is 3.98. The van der Waals surface area contributed by atoms with Crippen LogP contribution in [0.15, 0.2) is 11.1 Å². The fraction of sp³-hybridized carbons (Fsp3) is 0.556. The van der Waals surface area contributed by atoms with Crippen LogP contribution in [0, 0.1) is 16.0 Å². The number of aromatic amines is 1. The summed E-state index contributed by atoms with van der Waals surface area (Å²) in [6.07, 6.45) is 2.00. The lowest BCUT2D eigenvalue weighted by molar-refractivity contribution is -0.385.